The number of aromatic amines is 1. The van der Waals surface area contributed by atoms with E-state index in [2.05, 4.69) is 4.98 Å². The third-order valence-corrected chi connectivity index (χ3v) is 3.15. The van der Waals surface area contributed by atoms with Crippen LogP contribution in [0.15, 0.2) is 48.5 Å². The number of aromatic hydroxyl groups is 1. The van der Waals surface area contributed by atoms with Gasteiger partial charge in [-0.2, -0.15) is 0 Å². The zero-order valence-electron chi connectivity index (χ0n) is 11.0. The van der Waals surface area contributed by atoms with Gasteiger partial charge in [-0.15, -0.1) is 0 Å². The summed E-state index contributed by atoms with van der Waals surface area (Å²) in [5, 5.41) is 19.3. The van der Waals surface area contributed by atoms with Crippen molar-refractivity contribution < 1.29 is 19.7 Å². The predicted molar refractivity (Wildman–Crippen MR) is 77.7 cm³/mol. The first kappa shape index (κ1) is 13.1. The molecule has 0 aliphatic carbocycles. The van der Waals surface area contributed by atoms with Crippen LogP contribution in [0.2, 0.25) is 0 Å². The highest BCUT2D eigenvalue weighted by Gasteiger charge is 2.11. The normalized spacial score (nSPS) is 10.7. The van der Waals surface area contributed by atoms with E-state index >= 15 is 0 Å². The number of fused-ring (bicyclic) bond motifs is 1. The van der Waals surface area contributed by atoms with Gasteiger partial charge in [0.2, 0.25) is 0 Å². The standard InChI is InChI=1S/C16H13NO4/c18-12-4-2-5-13(8-12)21-9-11-7-10-3-1-6-14(16(19)20)15(10)17-11/h1-8,17-18H,9H2,(H,19,20). The van der Waals surface area contributed by atoms with Crippen molar-refractivity contribution in [2.24, 2.45) is 0 Å². The van der Waals surface area contributed by atoms with Crippen LogP contribution in [0.4, 0.5) is 0 Å². The fourth-order valence-corrected chi connectivity index (χ4v) is 2.20. The Morgan fingerprint density at radius 2 is 1.95 bits per heavy atom. The lowest BCUT2D eigenvalue weighted by Gasteiger charge is -2.04. The van der Waals surface area contributed by atoms with E-state index in [4.69, 9.17) is 9.84 Å². The molecule has 0 fully saturated rings. The summed E-state index contributed by atoms with van der Waals surface area (Å²) in [6.45, 7) is 0.261. The van der Waals surface area contributed by atoms with Crippen molar-refractivity contribution in [3.63, 3.8) is 0 Å². The summed E-state index contributed by atoms with van der Waals surface area (Å²) in [5.74, 6) is -0.285. The Hall–Kier alpha value is -2.95. The zero-order valence-corrected chi connectivity index (χ0v) is 11.0. The minimum Gasteiger partial charge on any atom is -0.508 e. The Kier molecular flexibility index (Phi) is 3.23. The monoisotopic (exact) mass is 283 g/mol. The van der Waals surface area contributed by atoms with Crippen LogP contribution in [-0.4, -0.2) is 21.2 Å². The van der Waals surface area contributed by atoms with E-state index in [0.717, 1.165) is 11.1 Å². The van der Waals surface area contributed by atoms with Crippen molar-refractivity contribution in [1.29, 1.82) is 0 Å². The summed E-state index contributed by atoms with van der Waals surface area (Å²) < 4.78 is 5.56. The molecule has 0 bridgehead atoms. The number of carbonyl (C=O) groups is 1. The van der Waals surface area contributed by atoms with Crippen LogP contribution >= 0.6 is 0 Å². The van der Waals surface area contributed by atoms with Crippen LogP contribution in [0.1, 0.15) is 16.1 Å². The van der Waals surface area contributed by atoms with Gasteiger partial charge < -0.3 is 19.9 Å². The lowest BCUT2D eigenvalue weighted by molar-refractivity contribution is 0.0699. The van der Waals surface area contributed by atoms with E-state index < -0.39 is 5.97 Å². The molecule has 106 valence electrons. The van der Waals surface area contributed by atoms with Crippen molar-refractivity contribution in [3.05, 3.63) is 59.8 Å². The highest BCUT2D eigenvalue weighted by atomic mass is 16.5. The number of phenols is 1. The smallest absolute Gasteiger partial charge is 0.337 e. The van der Waals surface area contributed by atoms with Gasteiger partial charge in [0, 0.05) is 11.5 Å². The summed E-state index contributed by atoms with van der Waals surface area (Å²) in [4.78, 5) is 14.2. The molecule has 0 atom stereocenters. The summed E-state index contributed by atoms with van der Waals surface area (Å²) in [5.41, 5.74) is 1.58. The summed E-state index contributed by atoms with van der Waals surface area (Å²) in [6, 6.07) is 13.5. The number of H-pyrrole nitrogens is 1. The number of nitrogens with one attached hydrogen (secondary N) is 1. The maximum Gasteiger partial charge on any atom is 0.337 e. The number of rotatable bonds is 4. The molecule has 3 aromatic rings. The Labute approximate surface area is 120 Å². The number of hydrogen-bond acceptors (Lipinski definition) is 3. The highest BCUT2D eigenvalue weighted by Crippen LogP contribution is 2.22. The predicted octanol–water partition coefficient (Wildman–Crippen LogP) is 3.15. The molecule has 5 heteroatoms. The van der Waals surface area contributed by atoms with Gasteiger partial charge in [-0.3, -0.25) is 0 Å². The van der Waals surface area contributed by atoms with Gasteiger partial charge in [-0.25, -0.2) is 4.79 Å². The quantitative estimate of drug-likeness (QED) is 0.687. The Morgan fingerprint density at radius 3 is 2.71 bits per heavy atom. The molecule has 0 unspecified atom stereocenters. The number of aromatic nitrogens is 1. The molecule has 5 nitrogen and oxygen atoms in total. The van der Waals surface area contributed by atoms with Gasteiger partial charge in [-0.05, 0) is 24.3 Å². The van der Waals surface area contributed by atoms with E-state index in [1.54, 1.807) is 30.3 Å². The molecule has 21 heavy (non-hydrogen) atoms. The summed E-state index contributed by atoms with van der Waals surface area (Å²) >= 11 is 0. The number of aromatic carboxylic acids is 1. The highest BCUT2D eigenvalue weighted by molar-refractivity contribution is 6.02. The van der Waals surface area contributed by atoms with Gasteiger partial charge in [0.05, 0.1) is 16.8 Å². The van der Waals surface area contributed by atoms with Crippen molar-refractivity contribution in [3.8, 4) is 11.5 Å². The molecule has 1 heterocycles. The maximum absolute atomic E-state index is 11.2. The molecular formula is C16H13NO4. The average molecular weight is 283 g/mol. The van der Waals surface area contributed by atoms with Crippen LogP contribution < -0.4 is 4.74 Å². The molecule has 3 rings (SSSR count). The largest absolute Gasteiger partial charge is 0.508 e. The number of hydrogen-bond donors (Lipinski definition) is 3. The molecule has 2 aromatic carbocycles. The number of carboxylic acids is 1. The van der Waals surface area contributed by atoms with Crippen molar-refractivity contribution >= 4 is 16.9 Å². The van der Waals surface area contributed by atoms with Crippen molar-refractivity contribution in [2.45, 2.75) is 6.61 Å². The van der Waals surface area contributed by atoms with Gasteiger partial charge in [0.15, 0.2) is 0 Å². The number of benzene rings is 2. The SMILES string of the molecule is O=C(O)c1cccc2cc(COc3cccc(O)c3)[nH]c12. The first-order valence-electron chi connectivity index (χ1n) is 6.39. The number of phenolic OH excluding ortho intramolecular Hbond substituents is 1. The second-order valence-corrected chi connectivity index (χ2v) is 4.66. The molecular weight excluding hydrogens is 270 g/mol. The first-order valence-corrected chi connectivity index (χ1v) is 6.39. The summed E-state index contributed by atoms with van der Waals surface area (Å²) in [6.07, 6.45) is 0. The number of carboxylic acid groups (broad SMARTS) is 1. The van der Waals surface area contributed by atoms with Gasteiger partial charge in [0.1, 0.15) is 18.1 Å². The van der Waals surface area contributed by atoms with Crippen LogP contribution in [0, 0.1) is 0 Å². The summed E-state index contributed by atoms with van der Waals surface area (Å²) in [7, 11) is 0. The fourth-order valence-electron chi connectivity index (χ4n) is 2.20. The first-order chi connectivity index (χ1) is 10.1. The van der Waals surface area contributed by atoms with Gasteiger partial charge >= 0.3 is 5.97 Å². The topological polar surface area (TPSA) is 82.6 Å². The second-order valence-electron chi connectivity index (χ2n) is 4.66. The van der Waals surface area contributed by atoms with Crippen LogP contribution in [0.25, 0.3) is 10.9 Å². The third-order valence-electron chi connectivity index (χ3n) is 3.15. The van der Waals surface area contributed by atoms with Crippen molar-refractivity contribution in [2.75, 3.05) is 0 Å². The second kappa shape index (κ2) is 5.20. The van der Waals surface area contributed by atoms with E-state index in [9.17, 15) is 9.90 Å². The zero-order chi connectivity index (χ0) is 14.8. The Morgan fingerprint density at radius 1 is 1.14 bits per heavy atom. The number of para-hydroxylation sites is 1. The molecule has 0 spiro atoms. The molecule has 0 radical (unpaired) electrons. The fraction of sp³-hybridized carbons (Fsp3) is 0.0625. The maximum atomic E-state index is 11.2. The lowest BCUT2D eigenvalue weighted by atomic mass is 10.1. The molecule has 0 aliphatic heterocycles. The molecule has 0 aliphatic rings. The molecule has 1 aromatic heterocycles. The van der Waals surface area contributed by atoms with Gasteiger partial charge in [-0.1, -0.05) is 18.2 Å². The van der Waals surface area contributed by atoms with E-state index in [1.165, 1.54) is 6.07 Å². The van der Waals surface area contributed by atoms with Gasteiger partial charge in [0.25, 0.3) is 0 Å². The molecule has 3 N–H and O–H groups in total. The minimum atomic E-state index is -0.970. The lowest BCUT2D eigenvalue weighted by Crippen LogP contribution is -1.98. The number of ether oxygens (including phenoxy) is 1. The molecule has 0 amide bonds. The molecule has 0 saturated carbocycles. The third kappa shape index (κ3) is 2.67. The molecule has 0 saturated heterocycles. The van der Waals surface area contributed by atoms with Crippen LogP contribution in [0.3, 0.4) is 0 Å². The minimum absolute atomic E-state index is 0.136. The average Bonchev–Trinajstić information content (AvgIpc) is 2.87. The Bertz CT molecular complexity index is 807. The van der Waals surface area contributed by atoms with E-state index in [1.807, 2.05) is 12.1 Å². The Balaban J connectivity index is 1.85. The van der Waals surface area contributed by atoms with Crippen molar-refractivity contribution in [1.82, 2.24) is 4.98 Å². The van der Waals surface area contributed by atoms with E-state index in [-0.39, 0.29) is 17.9 Å². The van der Waals surface area contributed by atoms with Crippen LogP contribution in [-0.2, 0) is 6.61 Å². The van der Waals surface area contributed by atoms with E-state index in [0.29, 0.717) is 11.3 Å². The van der Waals surface area contributed by atoms with Crippen LogP contribution in [0.5, 0.6) is 11.5 Å².